The number of amides is 1. The van der Waals surface area contributed by atoms with Crippen molar-refractivity contribution in [3.8, 4) is 5.75 Å². The van der Waals surface area contributed by atoms with E-state index in [4.69, 9.17) is 9.72 Å². The molecule has 0 atom stereocenters. The number of hydrogen-bond donors (Lipinski definition) is 1. The van der Waals surface area contributed by atoms with Gasteiger partial charge in [-0.1, -0.05) is 35.0 Å². The number of ether oxygens (including phenoxy) is 1. The van der Waals surface area contributed by atoms with Gasteiger partial charge in [0, 0.05) is 24.6 Å². The lowest BCUT2D eigenvalue weighted by Crippen LogP contribution is -2.38. The first kappa shape index (κ1) is 22.8. The molecule has 9 heteroatoms. The summed E-state index contributed by atoms with van der Waals surface area (Å²) in [6.07, 6.45) is 1.45. The van der Waals surface area contributed by atoms with Gasteiger partial charge in [0.2, 0.25) is 0 Å². The molecular weight excluding hydrogens is 444 g/mol. The molecule has 0 saturated carbocycles. The van der Waals surface area contributed by atoms with Crippen LogP contribution >= 0.6 is 0 Å². The molecule has 1 saturated heterocycles. The fourth-order valence-electron chi connectivity index (χ4n) is 4.58. The van der Waals surface area contributed by atoms with E-state index in [0.717, 1.165) is 40.8 Å². The molecule has 35 heavy (non-hydrogen) atoms. The number of carbonyl (C=O) groups is 1. The maximum Gasteiger partial charge on any atom is 0.281 e. The highest BCUT2D eigenvalue weighted by Crippen LogP contribution is 2.27. The molecule has 3 heterocycles. The highest BCUT2D eigenvalue weighted by atomic mass is 16.5. The summed E-state index contributed by atoms with van der Waals surface area (Å²) in [5.41, 5.74) is 4.21. The highest BCUT2D eigenvalue weighted by Gasteiger charge is 2.27. The third kappa shape index (κ3) is 4.53. The summed E-state index contributed by atoms with van der Waals surface area (Å²) in [5, 5.41) is 8.21. The number of fused-ring (bicyclic) bond motifs is 1. The Morgan fingerprint density at radius 2 is 1.86 bits per heavy atom. The van der Waals surface area contributed by atoms with Crippen molar-refractivity contribution >= 4 is 17.1 Å². The van der Waals surface area contributed by atoms with Crippen LogP contribution < -0.4 is 10.3 Å². The summed E-state index contributed by atoms with van der Waals surface area (Å²) in [5.74, 6) is 1.51. The Balaban J connectivity index is 1.34. The monoisotopic (exact) mass is 472 g/mol. The number of nitrogens with zero attached hydrogens (tertiary/aromatic N) is 5. The van der Waals surface area contributed by atoms with Crippen LogP contribution in [0.3, 0.4) is 0 Å². The molecule has 0 bridgehead atoms. The molecule has 1 fully saturated rings. The van der Waals surface area contributed by atoms with E-state index in [0.29, 0.717) is 31.1 Å². The predicted molar refractivity (Wildman–Crippen MR) is 132 cm³/mol. The molecule has 2 aromatic heterocycles. The Morgan fingerprint density at radius 3 is 2.57 bits per heavy atom. The van der Waals surface area contributed by atoms with Crippen LogP contribution in [0.4, 0.5) is 0 Å². The van der Waals surface area contributed by atoms with Gasteiger partial charge in [-0.25, -0.2) is 9.67 Å². The smallest absolute Gasteiger partial charge is 0.281 e. The number of hydrogen-bond acceptors (Lipinski definition) is 6. The molecule has 1 N–H and O–H groups in total. The maximum atomic E-state index is 13.1. The van der Waals surface area contributed by atoms with Crippen LogP contribution in [0.2, 0.25) is 0 Å². The Hall–Kier alpha value is -4.01. The minimum absolute atomic E-state index is 0.0547. The zero-order chi connectivity index (χ0) is 24.5. The standard InChI is InChI=1S/C26H28N6O3/c1-16-4-5-17(2)21(14-16)26(34)31-12-10-19(11-13-31)23-27-24-22(25(33)28-23)29-30-32(24)15-18-6-8-20(35-3)9-7-18/h4-9,14,19H,10-13,15H2,1-3H3,(H,27,28,33). The molecule has 0 radical (unpaired) electrons. The van der Waals surface area contributed by atoms with Gasteiger partial charge in [0.15, 0.2) is 11.2 Å². The van der Waals surface area contributed by atoms with Gasteiger partial charge < -0.3 is 14.6 Å². The summed E-state index contributed by atoms with van der Waals surface area (Å²) in [7, 11) is 1.63. The molecule has 180 valence electrons. The van der Waals surface area contributed by atoms with Crippen molar-refractivity contribution < 1.29 is 9.53 Å². The van der Waals surface area contributed by atoms with Crippen molar-refractivity contribution in [3.05, 3.63) is 80.9 Å². The number of likely N-dealkylation sites (tertiary alicyclic amines) is 1. The van der Waals surface area contributed by atoms with Gasteiger partial charge in [-0.3, -0.25) is 9.59 Å². The third-order valence-electron chi connectivity index (χ3n) is 6.68. The molecule has 5 rings (SSSR count). The zero-order valence-corrected chi connectivity index (χ0v) is 20.1. The molecule has 0 aliphatic carbocycles. The second-order valence-corrected chi connectivity index (χ2v) is 9.10. The van der Waals surface area contributed by atoms with E-state index >= 15 is 0 Å². The van der Waals surface area contributed by atoms with Crippen molar-refractivity contribution in [2.45, 2.75) is 39.2 Å². The maximum absolute atomic E-state index is 13.1. The fourth-order valence-corrected chi connectivity index (χ4v) is 4.58. The van der Waals surface area contributed by atoms with Gasteiger partial charge in [0.05, 0.1) is 13.7 Å². The zero-order valence-electron chi connectivity index (χ0n) is 20.1. The Bertz CT molecular complexity index is 1430. The summed E-state index contributed by atoms with van der Waals surface area (Å²) in [6, 6.07) is 13.6. The number of benzene rings is 2. The lowest BCUT2D eigenvalue weighted by atomic mass is 9.94. The second-order valence-electron chi connectivity index (χ2n) is 9.10. The summed E-state index contributed by atoms with van der Waals surface area (Å²) in [6.45, 7) is 5.63. The van der Waals surface area contributed by atoms with Crippen LogP contribution in [-0.2, 0) is 6.54 Å². The van der Waals surface area contributed by atoms with Crippen LogP contribution in [0.1, 0.15) is 51.6 Å². The molecule has 0 unspecified atom stereocenters. The molecule has 1 amide bonds. The van der Waals surface area contributed by atoms with Gasteiger partial charge in [-0.15, -0.1) is 5.10 Å². The second kappa shape index (κ2) is 9.32. The number of methoxy groups -OCH3 is 1. The molecule has 0 spiro atoms. The minimum Gasteiger partial charge on any atom is -0.497 e. The van der Waals surface area contributed by atoms with Crippen LogP contribution in [-0.4, -0.2) is 56.0 Å². The number of aromatic nitrogens is 5. The lowest BCUT2D eigenvalue weighted by Gasteiger charge is -2.32. The molecule has 9 nitrogen and oxygen atoms in total. The van der Waals surface area contributed by atoms with Crippen molar-refractivity contribution in [2.24, 2.45) is 0 Å². The van der Waals surface area contributed by atoms with Crippen molar-refractivity contribution in [3.63, 3.8) is 0 Å². The lowest BCUT2D eigenvalue weighted by molar-refractivity contribution is 0.0710. The van der Waals surface area contributed by atoms with Gasteiger partial charge in [-0.05, 0) is 56.0 Å². The Labute approximate surface area is 202 Å². The van der Waals surface area contributed by atoms with Crippen molar-refractivity contribution in [2.75, 3.05) is 20.2 Å². The average molecular weight is 473 g/mol. The van der Waals surface area contributed by atoms with Crippen LogP contribution in [0.5, 0.6) is 5.75 Å². The first-order valence-electron chi connectivity index (χ1n) is 11.8. The number of H-pyrrole nitrogens is 1. The Kier molecular flexibility index (Phi) is 6.07. The van der Waals surface area contributed by atoms with E-state index in [-0.39, 0.29) is 22.9 Å². The van der Waals surface area contributed by atoms with Gasteiger partial charge in [-0.2, -0.15) is 0 Å². The number of aromatic amines is 1. The number of nitrogens with one attached hydrogen (secondary N) is 1. The number of aryl methyl sites for hydroxylation is 2. The van der Waals surface area contributed by atoms with Gasteiger partial charge in [0.1, 0.15) is 11.6 Å². The van der Waals surface area contributed by atoms with E-state index in [2.05, 4.69) is 15.3 Å². The molecule has 1 aliphatic rings. The minimum atomic E-state index is -0.292. The molecular formula is C26H28N6O3. The van der Waals surface area contributed by atoms with Crippen molar-refractivity contribution in [1.82, 2.24) is 29.9 Å². The van der Waals surface area contributed by atoms with Crippen LogP contribution in [0, 0.1) is 13.8 Å². The van der Waals surface area contributed by atoms with E-state index in [1.54, 1.807) is 11.8 Å². The first-order chi connectivity index (χ1) is 16.9. The van der Waals surface area contributed by atoms with E-state index < -0.39 is 0 Å². The van der Waals surface area contributed by atoms with E-state index in [1.165, 1.54) is 0 Å². The summed E-state index contributed by atoms with van der Waals surface area (Å²) < 4.78 is 6.86. The van der Waals surface area contributed by atoms with E-state index in [9.17, 15) is 9.59 Å². The van der Waals surface area contributed by atoms with Crippen LogP contribution in [0.25, 0.3) is 11.2 Å². The fraction of sp³-hybridized carbons (Fsp3) is 0.346. The van der Waals surface area contributed by atoms with Crippen molar-refractivity contribution in [1.29, 1.82) is 0 Å². The SMILES string of the molecule is COc1ccc(Cn2nnc3c(=O)[nH]c(C4CCN(C(=O)c5cc(C)ccc5C)CC4)nc32)cc1. The number of piperidine rings is 1. The molecule has 1 aliphatic heterocycles. The average Bonchev–Trinajstić information content (AvgIpc) is 3.28. The highest BCUT2D eigenvalue weighted by molar-refractivity contribution is 5.95. The van der Waals surface area contributed by atoms with Gasteiger partial charge >= 0.3 is 0 Å². The number of carbonyl (C=O) groups excluding carboxylic acids is 1. The summed E-state index contributed by atoms with van der Waals surface area (Å²) >= 11 is 0. The molecule has 4 aromatic rings. The third-order valence-corrected chi connectivity index (χ3v) is 6.68. The number of rotatable bonds is 5. The molecule has 2 aromatic carbocycles. The largest absolute Gasteiger partial charge is 0.497 e. The predicted octanol–water partition coefficient (Wildman–Crippen LogP) is 3.21. The quantitative estimate of drug-likeness (QED) is 0.478. The Morgan fingerprint density at radius 1 is 1.11 bits per heavy atom. The van der Waals surface area contributed by atoms with E-state index in [1.807, 2.05) is 61.2 Å². The normalized spacial score (nSPS) is 14.4. The first-order valence-corrected chi connectivity index (χ1v) is 11.8. The van der Waals surface area contributed by atoms with Crippen LogP contribution in [0.15, 0.2) is 47.3 Å². The topological polar surface area (TPSA) is 106 Å². The van der Waals surface area contributed by atoms with Gasteiger partial charge in [0.25, 0.3) is 11.5 Å². The summed E-state index contributed by atoms with van der Waals surface area (Å²) in [4.78, 5) is 35.4.